The van der Waals surface area contributed by atoms with Crippen molar-refractivity contribution in [2.24, 2.45) is 10.7 Å². The van der Waals surface area contributed by atoms with Gasteiger partial charge in [0, 0.05) is 45.5 Å². The lowest BCUT2D eigenvalue weighted by Crippen LogP contribution is -2.47. The quantitative estimate of drug-likeness (QED) is 0.271. The highest BCUT2D eigenvalue weighted by Crippen LogP contribution is 2.15. The minimum atomic E-state index is -0.572. The largest absolute Gasteiger partial charge is 0.385 e. The molecular formula is C22H35N5O4. The van der Waals surface area contributed by atoms with E-state index in [1.54, 1.807) is 19.2 Å². The molecule has 0 bridgehead atoms. The third-order valence-electron chi connectivity index (χ3n) is 4.97. The lowest BCUT2D eigenvalue weighted by atomic mass is 10.1. The number of primary amides is 1. The Balaban J connectivity index is 1.85. The van der Waals surface area contributed by atoms with Crippen molar-refractivity contribution in [3.05, 3.63) is 35.4 Å². The topological polar surface area (TPSA) is 118 Å². The maximum absolute atomic E-state index is 12.0. The van der Waals surface area contributed by atoms with Crippen molar-refractivity contribution in [1.29, 1.82) is 0 Å². The minimum Gasteiger partial charge on any atom is -0.385 e. The first-order valence-electron chi connectivity index (χ1n) is 10.8. The number of carbonyl (C=O) groups is 2. The fourth-order valence-electron chi connectivity index (χ4n) is 3.31. The number of carbonyl (C=O) groups excluding carboxylic acids is 2. The number of benzene rings is 1. The molecule has 1 aliphatic rings. The SMILES string of the molecule is CCNC(=NCc1ccc(C(=O)NCC(N)=O)cc1)N1CCC(OCCCOC)CC1. The molecule has 1 aromatic carbocycles. The van der Waals surface area contributed by atoms with Crippen molar-refractivity contribution < 1.29 is 19.1 Å². The van der Waals surface area contributed by atoms with Gasteiger partial charge in [0.15, 0.2) is 5.96 Å². The Labute approximate surface area is 184 Å². The monoisotopic (exact) mass is 433 g/mol. The molecule has 0 unspecified atom stereocenters. The number of hydrogen-bond acceptors (Lipinski definition) is 5. The summed E-state index contributed by atoms with van der Waals surface area (Å²) in [6, 6.07) is 7.18. The molecule has 9 nitrogen and oxygen atoms in total. The van der Waals surface area contributed by atoms with Crippen LogP contribution in [0.1, 0.15) is 42.1 Å². The van der Waals surface area contributed by atoms with Crippen LogP contribution in [0.2, 0.25) is 0 Å². The molecule has 0 atom stereocenters. The van der Waals surface area contributed by atoms with Crippen LogP contribution in [0.5, 0.6) is 0 Å². The summed E-state index contributed by atoms with van der Waals surface area (Å²) in [6.07, 6.45) is 3.18. The zero-order valence-electron chi connectivity index (χ0n) is 18.6. The number of nitrogens with one attached hydrogen (secondary N) is 2. The first kappa shape index (κ1) is 24.6. The first-order chi connectivity index (χ1) is 15.0. The summed E-state index contributed by atoms with van der Waals surface area (Å²) in [4.78, 5) is 29.8. The van der Waals surface area contributed by atoms with Crippen molar-refractivity contribution in [3.63, 3.8) is 0 Å². The van der Waals surface area contributed by atoms with Gasteiger partial charge in [0.05, 0.1) is 19.2 Å². The number of likely N-dealkylation sites (tertiary alicyclic amines) is 1. The van der Waals surface area contributed by atoms with Gasteiger partial charge in [0.1, 0.15) is 0 Å². The van der Waals surface area contributed by atoms with E-state index in [-0.39, 0.29) is 12.5 Å². The van der Waals surface area contributed by atoms with Crippen molar-refractivity contribution in [2.75, 3.05) is 46.5 Å². The van der Waals surface area contributed by atoms with Gasteiger partial charge in [-0.2, -0.15) is 0 Å². The highest BCUT2D eigenvalue weighted by Gasteiger charge is 2.21. The number of rotatable bonds is 11. The zero-order valence-corrected chi connectivity index (χ0v) is 18.6. The summed E-state index contributed by atoms with van der Waals surface area (Å²) in [7, 11) is 1.71. The standard InChI is InChI=1S/C22H35N5O4/c1-3-24-22(27-11-9-19(10-12-27)31-14-4-13-30-2)26-15-17-5-7-18(8-6-17)21(29)25-16-20(23)28/h5-8,19H,3-4,9-16H2,1-2H3,(H2,23,28)(H,24,26)(H,25,29). The van der Waals surface area contributed by atoms with Crippen LogP contribution in [0.3, 0.4) is 0 Å². The van der Waals surface area contributed by atoms with Gasteiger partial charge in [-0.05, 0) is 43.9 Å². The molecule has 0 radical (unpaired) electrons. The zero-order chi connectivity index (χ0) is 22.5. The third kappa shape index (κ3) is 8.94. The van der Waals surface area contributed by atoms with Gasteiger partial charge < -0.3 is 30.7 Å². The third-order valence-corrected chi connectivity index (χ3v) is 4.97. The lowest BCUT2D eigenvalue weighted by Gasteiger charge is -2.34. The average molecular weight is 434 g/mol. The molecule has 4 N–H and O–H groups in total. The molecule has 1 heterocycles. The molecule has 0 aromatic heterocycles. The van der Waals surface area contributed by atoms with Crippen molar-refractivity contribution >= 4 is 17.8 Å². The van der Waals surface area contributed by atoms with E-state index < -0.39 is 5.91 Å². The van der Waals surface area contributed by atoms with Crippen LogP contribution < -0.4 is 16.4 Å². The predicted octanol–water partition coefficient (Wildman–Crippen LogP) is 0.885. The second-order valence-electron chi connectivity index (χ2n) is 7.42. The number of nitrogens with zero attached hydrogens (tertiary/aromatic N) is 2. The van der Waals surface area contributed by atoms with Crippen molar-refractivity contribution in [1.82, 2.24) is 15.5 Å². The van der Waals surface area contributed by atoms with Gasteiger partial charge in [-0.1, -0.05) is 12.1 Å². The maximum atomic E-state index is 12.0. The molecule has 1 aliphatic heterocycles. The Hall–Kier alpha value is -2.65. The number of guanidine groups is 1. The Kier molecular flexibility index (Phi) is 10.8. The van der Waals surface area contributed by atoms with Crippen LogP contribution in [0, 0.1) is 0 Å². The fraction of sp³-hybridized carbons (Fsp3) is 0.591. The normalized spacial score (nSPS) is 15.0. The summed E-state index contributed by atoms with van der Waals surface area (Å²) in [5, 5.41) is 5.84. The van der Waals surface area contributed by atoms with Crippen LogP contribution in [0.15, 0.2) is 29.3 Å². The lowest BCUT2D eigenvalue weighted by molar-refractivity contribution is -0.117. The van der Waals surface area contributed by atoms with E-state index in [0.29, 0.717) is 18.2 Å². The van der Waals surface area contributed by atoms with Crippen LogP contribution >= 0.6 is 0 Å². The van der Waals surface area contributed by atoms with Gasteiger partial charge >= 0.3 is 0 Å². The molecule has 0 spiro atoms. The second-order valence-corrected chi connectivity index (χ2v) is 7.42. The number of hydrogen-bond donors (Lipinski definition) is 3. The van der Waals surface area contributed by atoms with E-state index in [0.717, 1.165) is 63.6 Å². The molecular weight excluding hydrogens is 398 g/mol. The second kappa shape index (κ2) is 13.6. The molecule has 0 saturated carbocycles. The van der Waals surface area contributed by atoms with Crippen LogP contribution in [-0.4, -0.2) is 75.3 Å². The number of piperidine rings is 1. The number of methoxy groups -OCH3 is 1. The van der Waals surface area contributed by atoms with E-state index in [2.05, 4.69) is 22.5 Å². The fourth-order valence-corrected chi connectivity index (χ4v) is 3.31. The Bertz CT molecular complexity index is 715. The summed E-state index contributed by atoms with van der Waals surface area (Å²) < 4.78 is 11.0. The summed E-state index contributed by atoms with van der Waals surface area (Å²) in [5.41, 5.74) is 6.53. The molecule has 1 saturated heterocycles. The summed E-state index contributed by atoms with van der Waals surface area (Å²) in [5.74, 6) is -0.00457. The van der Waals surface area contributed by atoms with Crippen molar-refractivity contribution in [3.8, 4) is 0 Å². The molecule has 31 heavy (non-hydrogen) atoms. The molecule has 2 rings (SSSR count). The Morgan fingerprint density at radius 1 is 1.16 bits per heavy atom. The Morgan fingerprint density at radius 3 is 2.48 bits per heavy atom. The predicted molar refractivity (Wildman–Crippen MR) is 120 cm³/mol. The van der Waals surface area contributed by atoms with Gasteiger partial charge in [-0.3, -0.25) is 9.59 Å². The minimum absolute atomic E-state index is 0.175. The van der Waals surface area contributed by atoms with Crippen molar-refractivity contribution in [2.45, 2.75) is 38.8 Å². The molecule has 1 fully saturated rings. The molecule has 0 aliphatic carbocycles. The maximum Gasteiger partial charge on any atom is 0.251 e. The van der Waals surface area contributed by atoms with E-state index in [9.17, 15) is 9.59 Å². The smallest absolute Gasteiger partial charge is 0.251 e. The first-order valence-corrected chi connectivity index (χ1v) is 10.8. The van der Waals surface area contributed by atoms with Gasteiger partial charge in [0.25, 0.3) is 5.91 Å². The molecule has 172 valence electrons. The summed E-state index contributed by atoms with van der Waals surface area (Å²) >= 11 is 0. The highest BCUT2D eigenvalue weighted by molar-refractivity contribution is 5.96. The van der Waals surface area contributed by atoms with Gasteiger partial charge in [0.2, 0.25) is 5.91 Å². The van der Waals surface area contributed by atoms with E-state index in [1.807, 2.05) is 12.1 Å². The number of ether oxygens (including phenoxy) is 2. The van der Waals surface area contributed by atoms with Crippen LogP contribution in [0.25, 0.3) is 0 Å². The summed E-state index contributed by atoms with van der Waals surface area (Å²) in [6.45, 7) is 6.47. The van der Waals surface area contributed by atoms with Crippen LogP contribution in [-0.2, 0) is 20.8 Å². The number of nitrogens with two attached hydrogens (primary N) is 1. The molecule has 2 amide bonds. The molecule has 1 aromatic rings. The highest BCUT2D eigenvalue weighted by atomic mass is 16.5. The van der Waals surface area contributed by atoms with E-state index in [4.69, 9.17) is 20.2 Å². The average Bonchev–Trinajstić information content (AvgIpc) is 2.78. The van der Waals surface area contributed by atoms with E-state index in [1.165, 1.54) is 0 Å². The van der Waals surface area contributed by atoms with Gasteiger partial charge in [-0.25, -0.2) is 4.99 Å². The number of aliphatic imine (C=N–C) groups is 1. The number of amides is 2. The Morgan fingerprint density at radius 2 is 1.87 bits per heavy atom. The van der Waals surface area contributed by atoms with E-state index >= 15 is 0 Å². The van der Waals surface area contributed by atoms with Gasteiger partial charge in [-0.15, -0.1) is 0 Å². The van der Waals surface area contributed by atoms with Crippen LogP contribution in [0.4, 0.5) is 0 Å². The molecule has 9 heteroatoms.